The van der Waals surface area contributed by atoms with E-state index >= 15 is 0 Å². The van der Waals surface area contributed by atoms with Crippen molar-refractivity contribution >= 4 is 14.4 Å². The highest BCUT2D eigenvalue weighted by atomic mass is 16.7. The smallest absolute Gasteiger partial charge is 0.434 e. The minimum absolute atomic E-state index is 0.312. The van der Waals surface area contributed by atoms with Crippen LogP contribution in [0.1, 0.15) is 68.7 Å². The molecular weight excluding hydrogens is 266 g/mol. The summed E-state index contributed by atoms with van der Waals surface area (Å²) >= 11 is 0. The second-order valence-corrected chi connectivity index (χ2v) is 7.97. The predicted molar refractivity (Wildman–Crippen MR) is 88.5 cm³/mol. The first-order chi connectivity index (χ1) is 9.27. The lowest BCUT2D eigenvalue weighted by atomic mass is 9.55. The summed E-state index contributed by atoms with van der Waals surface area (Å²) in [6.45, 7) is 17.9. The van der Waals surface area contributed by atoms with Crippen LogP contribution in [-0.4, -0.2) is 41.9 Å². The van der Waals surface area contributed by atoms with Gasteiger partial charge in [-0.15, -0.1) is 0 Å². The minimum Gasteiger partial charge on any atom is -0.434 e. The Morgan fingerprint density at radius 3 is 2.14 bits per heavy atom. The molecular formula is C15H32B2O4. The van der Waals surface area contributed by atoms with Gasteiger partial charge in [0.1, 0.15) is 0 Å². The SMILES string of the molecule is CCC(C)C1(C)OB(BOC(C)(C)C(C)(C)O)OC1(C)C. The van der Waals surface area contributed by atoms with Gasteiger partial charge in [0.05, 0.1) is 22.4 Å². The fourth-order valence-corrected chi connectivity index (χ4v) is 2.50. The topological polar surface area (TPSA) is 47.9 Å². The molecule has 1 fully saturated rings. The maximum atomic E-state index is 10.1. The van der Waals surface area contributed by atoms with Crippen molar-refractivity contribution in [2.75, 3.05) is 0 Å². The zero-order chi connectivity index (χ0) is 16.7. The van der Waals surface area contributed by atoms with Crippen LogP contribution in [0, 0.1) is 5.92 Å². The highest BCUT2D eigenvalue weighted by Crippen LogP contribution is 2.43. The molecule has 0 spiro atoms. The van der Waals surface area contributed by atoms with Crippen molar-refractivity contribution in [3.05, 3.63) is 0 Å². The molecule has 21 heavy (non-hydrogen) atoms. The first kappa shape index (κ1) is 19.0. The summed E-state index contributed by atoms with van der Waals surface area (Å²) in [6.07, 6.45) is 1.03. The molecule has 2 unspecified atom stereocenters. The predicted octanol–water partition coefficient (Wildman–Crippen LogP) is 2.52. The van der Waals surface area contributed by atoms with Crippen LogP contribution < -0.4 is 0 Å². The van der Waals surface area contributed by atoms with E-state index in [0.29, 0.717) is 13.3 Å². The second-order valence-electron chi connectivity index (χ2n) is 7.97. The Labute approximate surface area is 131 Å². The van der Waals surface area contributed by atoms with Crippen LogP contribution in [0.25, 0.3) is 0 Å². The molecule has 0 aromatic rings. The molecule has 6 heteroatoms. The van der Waals surface area contributed by atoms with Gasteiger partial charge in [-0.2, -0.15) is 0 Å². The maximum Gasteiger partial charge on any atom is 0.441 e. The van der Waals surface area contributed by atoms with Crippen molar-refractivity contribution in [1.29, 1.82) is 0 Å². The summed E-state index contributed by atoms with van der Waals surface area (Å²) in [4.78, 5) is 0. The van der Waals surface area contributed by atoms with E-state index in [9.17, 15) is 5.11 Å². The van der Waals surface area contributed by atoms with Crippen LogP contribution in [-0.2, 0) is 14.0 Å². The molecule has 0 aromatic carbocycles. The van der Waals surface area contributed by atoms with Gasteiger partial charge in [-0.3, -0.25) is 0 Å². The van der Waals surface area contributed by atoms with Gasteiger partial charge >= 0.3 is 14.4 Å². The van der Waals surface area contributed by atoms with E-state index in [1.54, 1.807) is 13.8 Å². The molecule has 122 valence electrons. The standard InChI is InChI=1S/C15H32B2O4/c1-10-11(2)15(9)14(7,8)20-17(21-15)16-19-13(5,6)12(3,4)18/h11,16,18H,10H2,1-9H3. The molecule has 2 atom stereocenters. The van der Waals surface area contributed by atoms with Crippen LogP contribution in [0.3, 0.4) is 0 Å². The van der Waals surface area contributed by atoms with Crippen LogP contribution in [0.4, 0.5) is 0 Å². The summed E-state index contributed by atoms with van der Waals surface area (Å²) in [6, 6.07) is 0. The number of hydrogen-bond acceptors (Lipinski definition) is 4. The van der Waals surface area contributed by atoms with Crippen molar-refractivity contribution in [2.24, 2.45) is 5.92 Å². The largest absolute Gasteiger partial charge is 0.441 e. The normalized spacial score (nSPS) is 27.8. The van der Waals surface area contributed by atoms with Gasteiger partial charge in [-0.1, -0.05) is 20.3 Å². The first-order valence-electron chi connectivity index (χ1n) is 7.99. The fraction of sp³-hybridized carbons (Fsp3) is 1.00. The van der Waals surface area contributed by atoms with Gasteiger partial charge in [0.25, 0.3) is 0 Å². The lowest BCUT2D eigenvalue weighted by Gasteiger charge is -2.41. The van der Waals surface area contributed by atoms with E-state index in [2.05, 4.69) is 34.6 Å². The molecule has 0 bridgehead atoms. The monoisotopic (exact) mass is 298 g/mol. The van der Waals surface area contributed by atoms with Gasteiger partial charge in [-0.25, -0.2) is 0 Å². The van der Waals surface area contributed by atoms with Gasteiger partial charge in [0.15, 0.2) is 0 Å². The van der Waals surface area contributed by atoms with Gasteiger partial charge in [0.2, 0.25) is 0 Å². The van der Waals surface area contributed by atoms with Crippen LogP contribution in [0.5, 0.6) is 0 Å². The van der Waals surface area contributed by atoms with Crippen LogP contribution >= 0.6 is 0 Å². The molecule has 1 aliphatic rings. The summed E-state index contributed by atoms with van der Waals surface area (Å²) in [5.74, 6) is 0.389. The van der Waals surface area contributed by atoms with E-state index in [0.717, 1.165) is 6.42 Å². The Kier molecular flexibility index (Phi) is 5.32. The molecule has 1 rings (SSSR count). The van der Waals surface area contributed by atoms with Crippen molar-refractivity contribution in [3.63, 3.8) is 0 Å². The summed E-state index contributed by atoms with van der Waals surface area (Å²) in [7, 11) is -0.0903. The summed E-state index contributed by atoms with van der Waals surface area (Å²) in [5, 5.41) is 10.1. The second kappa shape index (κ2) is 5.88. The lowest BCUT2D eigenvalue weighted by Crippen LogP contribution is -2.50. The Morgan fingerprint density at radius 1 is 1.19 bits per heavy atom. The Balaban J connectivity index is 2.74. The van der Waals surface area contributed by atoms with Crippen molar-refractivity contribution in [3.8, 4) is 0 Å². The van der Waals surface area contributed by atoms with E-state index in [-0.39, 0.29) is 11.2 Å². The van der Waals surface area contributed by atoms with E-state index in [4.69, 9.17) is 14.0 Å². The zero-order valence-corrected chi connectivity index (χ0v) is 15.2. The summed E-state index contributed by atoms with van der Waals surface area (Å²) < 4.78 is 18.1. The minimum atomic E-state index is -0.929. The third kappa shape index (κ3) is 3.66. The van der Waals surface area contributed by atoms with Crippen LogP contribution in [0.2, 0.25) is 0 Å². The molecule has 1 aliphatic heterocycles. The molecule has 1 heterocycles. The number of aliphatic hydroxyl groups is 1. The lowest BCUT2D eigenvalue weighted by molar-refractivity contribution is -0.0894. The molecule has 0 amide bonds. The molecule has 0 saturated carbocycles. The van der Waals surface area contributed by atoms with Crippen molar-refractivity contribution in [2.45, 2.75) is 91.1 Å². The third-order valence-electron chi connectivity index (χ3n) is 5.60. The quantitative estimate of drug-likeness (QED) is 0.765. The average molecular weight is 298 g/mol. The Hall–Kier alpha value is -0.0301. The van der Waals surface area contributed by atoms with E-state index in [1.807, 2.05) is 13.8 Å². The van der Waals surface area contributed by atoms with Crippen molar-refractivity contribution < 1.29 is 19.1 Å². The Bertz CT molecular complexity index is 365. The highest BCUT2D eigenvalue weighted by Gasteiger charge is 2.56. The Morgan fingerprint density at radius 2 is 1.71 bits per heavy atom. The van der Waals surface area contributed by atoms with Gasteiger partial charge in [-0.05, 0) is 54.4 Å². The zero-order valence-electron chi connectivity index (χ0n) is 15.2. The first-order valence-corrected chi connectivity index (χ1v) is 7.99. The van der Waals surface area contributed by atoms with E-state index < -0.39 is 18.2 Å². The average Bonchev–Trinajstić information content (AvgIpc) is 2.56. The van der Waals surface area contributed by atoms with Crippen LogP contribution in [0.15, 0.2) is 0 Å². The highest BCUT2D eigenvalue weighted by molar-refractivity contribution is 7.03. The van der Waals surface area contributed by atoms with Crippen molar-refractivity contribution in [1.82, 2.24) is 0 Å². The molecule has 0 radical (unpaired) electrons. The number of hydrogen-bond donors (Lipinski definition) is 1. The fourth-order valence-electron chi connectivity index (χ4n) is 2.50. The van der Waals surface area contributed by atoms with Gasteiger partial charge in [0, 0.05) is 0 Å². The molecule has 1 N–H and O–H groups in total. The summed E-state index contributed by atoms with van der Waals surface area (Å²) in [5.41, 5.74) is -2.30. The molecule has 0 aromatic heterocycles. The third-order valence-corrected chi connectivity index (χ3v) is 5.60. The molecule has 4 nitrogen and oxygen atoms in total. The van der Waals surface area contributed by atoms with E-state index in [1.165, 1.54) is 0 Å². The maximum absolute atomic E-state index is 10.1. The molecule has 1 saturated heterocycles. The number of rotatable bonds is 6. The molecule has 0 aliphatic carbocycles. The van der Waals surface area contributed by atoms with Gasteiger partial charge < -0.3 is 19.1 Å².